The molecule has 0 fully saturated rings. The molecule has 0 aliphatic carbocycles. The van der Waals surface area contributed by atoms with Crippen LogP contribution in [0.5, 0.6) is 17.2 Å². The molecule has 3 aromatic carbocycles. The minimum atomic E-state index is -0.467. The molecule has 3 rings (SSSR count). The molecule has 29 heavy (non-hydrogen) atoms. The first-order valence-corrected chi connectivity index (χ1v) is 8.93. The highest BCUT2D eigenvalue weighted by Crippen LogP contribution is 2.23. The molecule has 0 aromatic heterocycles. The molecule has 0 N–H and O–H groups in total. The molecule has 0 aliphatic rings. The summed E-state index contributed by atoms with van der Waals surface area (Å²) >= 11 is 0. The minimum absolute atomic E-state index is 0.0356. The molecule has 0 heterocycles. The number of ether oxygens (including phenoxy) is 3. The van der Waals surface area contributed by atoms with Crippen molar-refractivity contribution < 1.29 is 23.8 Å². The van der Waals surface area contributed by atoms with Crippen LogP contribution in [0.3, 0.4) is 0 Å². The van der Waals surface area contributed by atoms with Gasteiger partial charge < -0.3 is 14.2 Å². The first kappa shape index (κ1) is 19.9. The first-order chi connectivity index (χ1) is 14.1. The van der Waals surface area contributed by atoms with E-state index in [9.17, 15) is 9.59 Å². The number of hydrogen-bond acceptors (Lipinski definition) is 5. The summed E-state index contributed by atoms with van der Waals surface area (Å²) in [4.78, 5) is 23.3. The molecule has 0 saturated heterocycles. The van der Waals surface area contributed by atoms with Crippen molar-refractivity contribution >= 4 is 28.6 Å². The largest absolute Gasteiger partial charge is 0.497 e. The highest BCUT2D eigenvalue weighted by Gasteiger charge is 2.03. The van der Waals surface area contributed by atoms with E-state index in [0.29, 0.717) is 17.2 Å². The van der Waals surface area contributed by atoms with E-state index in [1.807, 2.05) is 30.3 Å². The van der Waals surface area contributed by atoms with E-state index < -0.39 is 5.97 Å². The van der Waals surface area contributed by atoms with Gasteiger partial charge in [0, 0.05) is 6.08 Å². The van der Waals surface area contributed by atoms with Crippen LogP contribution in [0.2, 0.25) is 0 Å². The third-order valence-corrected chi connectivity index (χ3v) is 4.13. The second-order valence-corrected chi connectivity index (χ2v) is 6.16. The van der Waals surface area contributed by atoms with Gasteiger partial charge in [0.15, 0.2) is 12.4 Å². The molecule has 146 valence electrons. The van der Waals surface area contributed by atoms with Gasteiger partial charge >= 0.3 is 5.97 Å². The van der Waals surface area contributed by atoms with Gasteiger partial charge in [-0.25, -0.2) is 4.79 Å². The summed E-state index contributed by atoms with van der Waals surface area (Å²) in [6.45, 7) is 3.38. The second kappa shape index (κ2) is 9.37. The highest BCUT2D eigenvalue weighted by molar-refractivity contribution is 5.92. The molecule has 0 saturated carbocycles. The Bertz CT molecular complexity index is 1060. The zero-order chi connectivity index (χ0) is 20.6. The second-order valence-electron chi connectivity index (χ2n) is 6.16. The van der Waals surface area contributed by atoms with Crippen molar-refractivity contribution in [1.82, 2.24) is 0 Å². The summed E-state index contributed by atoms with van der Waals surface area (Å²) in [6.07, 6.45) is 4.31. The number of carbonyl (C=O) groups is 2. The third kappa shape index (κ3) is 5.56. The lowest BCUT2D eigenvalue weighted by atomic mass is 10.1. The lowest BCUT2D eigenvalue weighted by Gasteiger charge is -2.06. The van der Waals surface area contributed by atoms with E-state index in [2.05, 4.69) is 6.58 Å². The fraction of sp³-hybridized carbons (Fsp3) is 0.0833. The number of carbonyl (C=O) groups excluding carboxylic acids is 2. The van der Waals surface area contributed by atoms with Gasteiger partial charge in [-0.1, -0.05) is 24.8 Å². The van der Waals surface area contributed by atoms with Crippen molar-refractivity contribution in [3.05, 3.63) is 85.0 Å². The number of esters is 1. The molecule has 3 aromatic rings. The van der Waals surface area contributed by atoms with E-state index in [-0.39, 0.29) is 12.4 Å². The fourth-order valence-corrected chi connectivity index (χ4v) is 2.61. The average molecular weight is 388 g/mol. The molecule has 0 radical (unpaired) electrons. The van der Waals surface area contributed by atoms with Gasteiger partial charge in [-0.05, 0) is 71.0 Å². The maximum Gasteiger partial charge on any atom is 0.336 e. The van der Waals surface area contributed by atoms with E-state index in [0.717, 1.165) is 16.3 Å². The molecule has 5 nitrogen and oxygen atoms in total. The van der Waals surface area contributed by atoms with Crippen molar-refractivity contribution in [2.75, 3.05) is 13.7 Å². The highest BCUT2D eigenvalue weighted by atomic mass is 16.5. The van der Waals surface area contributed by atoms with Crippen LogP contribution in [0, 0.1) is 0 Å². The third-order valence-electron chi connectivity index (χ3n) is 4.13. The Balaban J connectivity index is 1.65. The van der Waals surface area contributed by atoms with Crippen LogP contribution in [0.1, 0.15) is 5.56 Å². The summed E-state index contributed by atoms with van der Waals surface area (Å²) < 4.78 is 15.8. The molecular formula is C24H20O5. The van der Waals surface area contributed by atoms with Crippen LogP contribution in [0.4, 0.5) is 0 Å². The van der Waals surface area contributed by atoms with Crippen LogP contribution < -0.4 is 14.2 Å². The van der Waals surface area contributed by atoms with Crippen molar-refractivity contribution in [2.24, 2.45) is 0 Å². The smallest absolute Gasteiger partial charge is 0.336 e. The molecule has 0 amide bonds. The predicted molar refractivity (Wildman–Crippen MR) is 112 cm³/mol. The molecule has 0 unspecified atom stereocenters. The van der Waals surface area contributed by atoms with Gasteiger partial charge in [0.05, 0.1) is 7.11 Å². The van der Waals surface area contributed by atoms with Gasteiger partial charge in [0.1, 0.15) is 17.2 Å². The predicted octanol–water partition coefficient (Wildman–Crippen LogP) is 4.60. The Kier molecular flexibility index (Phi) is 6.43. The lowest BCUT2D eigenvalue weighted by molar-refractivity contribution is -0.128. The molecule has 0 aliphatic heterocycles. The Hall–Kier alpha value is -3.86. The maximum absolute atomic E-state index is 12.0. The maximum atomic E-state index is 12.0. The van der Waals surface area contributed by atoms with Crippen LogP contribution in [-0.4, -0.2) is 25.5 Å². The Morgan fingerprint density at radius 3 is 2.28 bits per heavy atom. The van der Waals surface area contributed by atoms with Gasteiger partial charge in [-0.15, -0.1) is 0 Å². The van der Waals surface area contributed by atoms with Crippen LogP contribution in [0.15, 0.2) is 79.4 Å². The van der Waals surface area contributed by atoms with Gasteiger partial charge in [-0.3, -0.25) is 4.79 Å². The number of hydrogen-bond donors (Lipinski definition) is 0. The summed E-state index contributed by atoms with van der Waals surface area (Å²) in [5.74, 6) is 1.11. The molecule has 5 heteroatoms. The number of ketones is 1. The SMILES string of the molecule is C=CC(=O)COc1ccc2cc(/C=C/C(=O)Oc3ccc(OC)cc3)ccc2c1. The first-order valence-electron chi connectivity index (χ1n) is 8.93. The Labute approximate surface area is 168 Å². The summed E-state index contributed by atoms with van der Waals surface area (Å²) in [6, 6.07) is 18.1. The quantitative estimate of drug-likeness (QED) is 0.321. The zero-order valence-corrected chi connectivity index (χ0v) is 16.0. The van der Waals surface area contributed by atoms with Crippen LogP contribution in [0.25, 0.3) is 16.8 Å². The molecular weight excluding hydrogens is 368 g/mol. The number of rotatable bonds is 8. The summed E-state index contributed by atoms with van der Waals surface area (Å²) in [5.41, 5.74) is 0.861. The van der Waals surface area contributed by atoms with E-state index in [1.54, 1.807) is 43.5 Å². The molecule has 0 spiro atoms. The van der Waals surface area contributed by atoms with Gasteiger partial charge in [-0.2, -0.15) is 0 Å². The lowest BCUT2D eigenvalue weighted by Crippen LogP contribution is -2.07. The fourth-order valence-electron chi connectivity index (χ4n) is 2.61. The zero-order valence-electron chi connectivity index (χ0n) is 16.0. The van der Waals surface area contributed by atoms with Crippen LogP contribution in [-0.2, 0) is 9.59 Å². The van der Waals surface area contributed by atoms with E-state index >= 15 is 0 Å². The van der Waals surface area contributed by atoms with Gasteiger partial charge in [0.2, 0.25) is 0 Å². The van der Waals surface area contributed by atoms with Gasteiger partial charge in [0.25, 0.3) is 0 Å². The normalized spacial score (nSPS) is 10.7. The van der Waals surface area contributed by atoms with Crippen molar-refractivity contribution in [2.45, 2.75) is 0 Å². The Morgan fingerprint density at radius 1 is 0.897 bits per heavy atom. The summed E-state index contributed by atoms with van der Waals surface area (Å²) in [7, 11) is 1.57. The molecule has 0 bridgehead atoms. The Morgan fingerprint density at radius 2 is 1.55 bits per heavy atom. The molecule has 0 atom stereocenters. The van der Waals surface area contributed by atoms with Crippen LogP contribution >= 0.6 is 0 Å². The monoisotopic (exact) mass is 388 g/mol. The average Bonchev–Trinajstić information content (AvgIpc) is 2.76. The van der Waals surface area contributed by atoms with E-state index in [1.165, 1.54) is 12.2 Å². The van der Waals surface area contributed by atoms with E-state index in [4.69, 9.17) is 14.2 Å². The number of fused-ring (bicyclic) bond motifs is 1. The minimum Gasteiger partial charge on any atom is -0.497 e. The standard InChI is InChI=1S/C24H20O5/c1-3-20(25)16-28-23-8-7-18-14-17(4-6-19(18)15-23)5-13-24(26)29-22-11-9-21(27-2)10-12-22/h3-15H,1,16H2,2H3/b13-5+. The topological polar surface area (TPSA) is 61.8 Å². The van der Waals surface area contributed by atoms with Crippen molar-refractivity contribution in [1.29, 1.82) is 0 Å². The summed E-state index contributed by atoms with van der Waals surface area (Å²) in [5, 5.41) is 1.95. The van der Waals surface area contributed by atoms with Crippen molar-refractivity contribution in [3.8, 4) is 17.2 Å². The number of methoxy groups -OCH3 is 1. The van der Waals surface area contributed by atoms with Crippen molar-refractivity contribution in [3.63, 3.8) is 0 Å². The number of benzene rings is 3.